The first kappa shape index (κ1) is 68.1. The van der Waals surface area contributed by atoms with Crippen LogP contribution in [-0.4, -0.2) is 47.4 Å². The van der Waals surface area contributed by atoms with E-state index >= 15 is 0 Å². The molecule has 0 fully saturated rings. The molecule has 0 saturated heterocycles. The van der Waals surface area contributed by atoms with E-state index in [1.807, 2.05) is 6.08 Å². The lowest BCUT2D eigenvalue weighted by Crippen LogP contribution is -2.45. The maximum atomic E-state index is 12.5. The van der Waals surface area contributed by atoms with Crippen molar-refractivity contribution in [3.8, 4) is 0 Å². The van der Waals surface area contributed by atoms with Gasteiger partial charge in [0.15, 0.2) is 0 Å². The van der Waals surface area contributed by atoms with Crippen LogP contribution in [0.5, 0.6) is 0 Å². The van der Waals surface area contributed by atoms with Gasteiger partial charge in [-0.25, -0.2) is 0 Å². The Morgan fingerprint density at radius 2 is 0.671 bits per heavy atom. The molecule has 0 aliphatic carbocycles. The third-order valence-electron chi connectivity index (χ3n) is 14.4. The molecule has 0 aromatic rings. The van der Waals surface area contributed by atoms with E-state index < -0.39 is 12.1 Å². The standard InChI is InChI=1S/C64H121NO5/c1-3-5-7-9-11-13-15-17-19-21-22-23-24-25-26-27-29-30-32-36-40-44-48-52-56-62(67)61(60-66)65-63(68)57-53-49-45-41-37-34-35-39-43-47-51-55-59-70-64(69)58-54-50-46-42-38-33-31-28-20-18-16-14-12-10-8-6-4-2/h18,20,35,39,52,56,61-62,66-67H,3-17,19,21-34,36-38,40-51,53-55,57-60H2,1-2H3,(H,65,68)/b20-18-,39-35-,56-52+. The fraction of sp³-hybridized carbons (Fsp3) is 0.875. The van der Waals surface area contributed by atoms with Crippen LogP contribution in [0.2, 0.25) is 0 Å². The van der Waals surface area contributed by atoms with E-state index in [1.54, 1.807) is 6.08 Å². The van der Waals surface area contributed by atoms with Gasteiger partial charge in [0.1, 0.15) is 0 Å². The van der Waals surface area contributed by atoms with Gasteiger partial charge in [-0.3, -0.25) is 9.59 Å². The van der Waals surface area contributed by atoms with E-state index in [2.05, 4.69) is 43.5 Å². The predicted octanol–water partition coefficient (Wildman–Crippen LogP) is 19.6. The second-order valence-corrected chi connectivity index (χ2v) is 21.4. The Bertz CT molecular complexity index is 1130. The summed E-state index contributed by atoms with van der Waals surface area (Å²) in [5.74, 6) is -0.118. The molecule has 6 heteroatoms. The summed E-state index contributed by atoms with van der Waals surface area (Å²) in [4.78, 5) is 24.6. The molecule has 0 aliphatic rings. The summed E-state index contributed by atoms with van der Waals surface area (Å²) in [5.41, 5.74) is 0. The second-order valence-electron chi connectivity index (χ2n) is 21.4. The van der Waals surface area contributed by atoms with Crippen molar-refractivity contribution in [2.45, 2.75) is 347 Å². The van der Waals surface area contributed by atoms with Crippen LogP contribution >= 0.6 is 0 Å². The van der Waals surface area contributed by atoms with Crippen molar-refractivity contribution in [1.29, 1.82) is 0 Å². The van der Waals surface area contributed by atoms with Crippen molar-refractivity contribution < 1.29 is 24.5 Å². The van der Waals surface area contributed by atoms with Crippen molar-refractivity contribution in [2.24, 2.45) is 0 Å². The molecule has 0 rings (SSSR count). The second kappa shape index (κ2) is 59.6. The number of nitrogens with one attached hydrogen (secondary N) is 1. The van der Waals surface area contributed by atoms with Crippen LogP contribution in [0.3, 0.4) is 0 Å². The third-order valence-corrected chi connectivity index (χ3v) is 14.4. The SMILES string of the molecule is CCCCCCCC/C=C\CCCCCCCCCC(=O)OCCCCC/C=C\CCCCCCCC(=O)NC(CO)C(O)/C=C/CCCCCCCCCCCCCCCCCCCCCCCC. The van der Waals surface area contributed by atoms with Crippen molar-refractivity contribution >= 4 is 11.9 Å². The topological polar surface area (TPSA) is 95.9 Å². The number of carbonyl (C=O) groups is 2. The maximum Gasteiger partial charge on any atom is 0.305 e. The lowest BCUT2D eigenvalue weighted by molar-refractivity contribution is -0.143. The average molecular weight is 985 g/mol. The molecule has 0 radical (unpaired) electrons. The zero-order valence-corrected chi connectivity index (χ0v) is 47.0. The van der Waals surface area contributed by atoms with Crippen LogP contribution in [0.25, 0.3) is 0 Å². The lowest BCUT2D eigenvalue weighted by atomic mass is 10.0. The molecular weight excluding hydrogens is 863 g/mol. The highest BCUT2D eigenvalue weighted by Crippen LogP contribution is 2.17. The van der Waals surface area contributed by atoms with Gasteiger partial charge in [0.25, 0.3) is 0 Å². The molecule has 70 heavy (non-hydrogen) atoms. The Hall–Kier alpha value is -1.92. The van der Waals surface area contributed by atoms with E-state index in [9.17, 15) is 19.8 Å². The summed E-state index contributed by atoms with van der Waals surface area (Å²) in [6, 6.07) is -0.649. The van der Waals surface area contributed by atoms with E-state index in [0.29, 0.717) is 19.4 Å². The van der Waals surface area contributed by atoms with Crippen LogP contribution in [-0.2, 0) is 14.3 Å². The number of esters is 1. The molecule has 0 aliphatic heterocycles. The first-order valence-corrected chi connectivity index (χ1v) is 31.3. The third kappa shape index (κ3) is 55.4. The summed E-state index contributed by atoms with van der Waals surface area (Å²) in [5, 5.41) is 23.2. The summed E-state index contributed by atoms with van der Waals surface area (Å²) in [7, 11) is 0. The average Bonchev–Trinajstić information content (AvgIpc) is 3.36. The quantitative estimate of drug-likeness (QED) is 0.0321. The molecule has 0 spiro atoms. The van der Waals surface area contributed by atoms with Gasteiger partial charge in [-0.05, 0) is 89.9 Å². The van der Waals surface area contributed by atoms with E-state index in [1.165, 1.54) is 225 Å². The van der Waals surface area contributed by atoms with Crippen LogP contribution in [0, 0.1) is 0 Å². The Balaban J connectivity index is 3.52. The van der Waals surface area contributed by atoms with Crippen LogP contribution in [0.15, 0.2) is 36.5 Å². The number of carbonyl (C=O) groups excluding carboxylic acids is 2. The number of ether oxygens (including phenoxy) is 1. The van der Waals surface area contributed by atoms with Crippen molar-refractivity contribution in [1.82, 2.24) is 5.32 Å². The molecular formula is C64H121NO5. The number of amides is 1. The number of allylic oxidation sites excluding steroid dienone is 5. The van der Waals surface area contributed by atoms with Gasteiger partial charge >= 0.3 is 5.97 Å². The van der Waals surface area contributed by atoms with E-state index in [-0.39, 0.29) is 18.5 Å². The Kier molecular flexibility index (Phi) is 58.0. The highest BCUT2D eigenvalue weighted by atomic mass is 16.5. The molecule has 1 amide bonds. The molecule has 6 nitrogen and oxygen atoms in total. The first-order valence-electron chi connectivity index (χ1n) is 31.3. The monoisotopic (exact) mass is 984 g/mol. The minimum atomic E-state index is -0.863. The maximum absolute atomic E-state index is 12.5. The molecule has 2 atom stereocenters. The highest BCUT2D eigenvalue weighted by Gasteiger charge is 2.18. The minimum absolute atomic E-state index is 0.0271. The Labute approximate surface area is 436 Å². The fourth-order valence-electron chi connectivity index (χ4n) is 9.57. The van der Waals surface area contributed by atoms with Crippen molar-refractivity contribution in [3.63, 3.8) is 0 Å². The summed E-state index contributed by atoms with van der Waals surface area (Å²) in [6.45, 7) is 4.86. The van der Waals surface area contributed by atoms with Crippen LogP contribution in [0.4, 0.5) is 0 Å². The molecule has 0 bridgehead atoms. The van der Waals surface area contributed by atoms with Gasteiger partial charge in [-0.1, -0.05) is 269 Å². The molecule has 2 unspecified atom stereocenters. The normalized spacial score (nSPS) is 12.8. The molecule has 412 valence electrons. The Morgan fingerprint density at radius 1 is 0.386 bits per heavy atom. The molecule has 0 saturated carbocycles. The van der Waals surface area contributed by atoms with Gasteiger partial charge in [0.05, 0.1) is 25.4 Å². The van der Waals surface area contributed by atoms with Gasteiger partial charge in [-0.15, -0.1) is 0 Å². The fourth-order valence-corrected chi connectivity index (χ4v) is 9.57. The summed E-state index contributed by atoms with van der Waals surface area (Å²) >= 11 is 0. The lowest BCUT2D eigenvalue weighted by Gasteiger charge is -2.20. The molecule has 0 aromatic heterocycles. The predicted molar refractivity (Wildman–Crippen MR) is 306 cm³/mol. The number of aliphatic hydroxyl groups excluding tert-OH is 2. The highest BCUT2D eigenvalue weighted by molar-refractivity contribution is 5.76. The van der Waals surface area contributed by atoms with E-state index in [0.717, 1.165) is 83.5 Å². The number of rotatable bonds is 58. The Morgan fingerprint density at radius 3 is 1.01 bits per heavy atom. The van der Waals surface area contributed by atoms with Crippen molar-refractivity contribution in [2.75, 3.05) is 13.2 Å². The smallest absolute Gasteiger partial charge is 0.305 e. The van der Waals surface area contributed by atoms with Gasteiger partial charge in [0.2, 0.25) is 5.91 Å². The van der Waals surface area contributed by atoms with Crippen LogP contribution < -0.4 is 5.32 Å². The number of hydrogen-bond donors (Lipinski definition) is 3. The molecule has 0 heterocycles. The first-order chi connectivity index (χ1) is 34.5. The molecule has 3 N–H and O–H groups in total. The van der Waals surface area contributed by atoms with E-state index in [4.69, 9.17) is 4.74 Å². The zero-order chi connectivity index (χ0) is 50.7. The number of hydrogen-bond acceptors (Lipinski definition) is 5. The largest absolute Gasteiger partial charge is 0.466 e. The van der Waals surface area contributed by atoms with Gasteiger partial charge in [0, 0.05) is 12.8 Å². The number of unbranched alkanes of at least 4 members (excludes halogenated alkanes) is 43. The zero-order valence-electron chi connectivity index (χ0n) is 47.0. The molecule has 0 aromatic carbocycles. The van der Waals surface area contributed by atoms with Gasteiger partial charge < -0.3 is 20.3 Å². The summed E-state index contributed by atoms with van der Waals surface area (Å²) in [6.07, 6.45) is 74.7. The number of aliphatic hydroxyl groups is 2. The summed E-state index contributed by atoms with van der Waals surface area (Å²) < 4.78 is 5.46. The van der Waals surface area contributed by atoms with Gasteiger partial charge in [-0.2, -0.15) is 0 Å². The van der Waals surface area contributed by atoms with Crippen molar-refractivity contribution in [3.05, 3.63) is 36.5 Å². The van der Waals surface area contributed by atoms with Crippen LogP contribution in [0.1, 0.15) is 335 Å². The minimum Gasteiger partial charge on any atom is -0.466 e.